The van der Waals surface area contributed by atoms with Crippen LogP contribution in [0.4, 0.5) is 17.5 Å². The fourth-order valence-electron chi connectivity index (χ4n) is 0.814. The van der Waals surface area contributed by atoms with Crippen LogP contribution >= 0.6 is 0 Å². The van der Waals surface area contributed by atoms with E-state index in [0.717, 1.165) is 6.20 Å². The van der Waals surface area contributed by atoms with Crippen LogP contribution in [0, 0.1) is 10.1 Å². The summed E-state index contributed by atoms with van der Waals surface area (Å²) in [4.78, 5) is 17.5. The summed E-state index contributed by atoms with van der Waals surface area (Å²) in [5.74, 6) is 0.541. The second-order valence-electron chi connectivity index (χ2n) is 2.18. The van der Waals surface area contributed by atoms with Crippen LogP contribution in [0.2, 0.25) is 0 Å². The molecule has 1 aromatic rings. The van der Waals surface area contributed by atoms with Gasteiger partial charge in [0.25, 0.3) is 0 Å². The van der Waals surface area contributed by atoms with Gasteiger partial charge >= 0.3 is 5.69 Å². The maximum absolute atomic E-state index is 10.4. The molecule has 0 spiro atoms. The maximum Gasteiger partial charge on any atom is 0.329 e. The molecule has 7 heteroatoms. The summed E-state index contributed by atoms with van der Waals surface area (Å²) in [6.07, 6.45) is 1.16. The summed E-state index contributed by atoms with van der Waals surface area (Å²) >= 11 is 0. The van der Waals surface area contributed by atoms with E-state index in [4.69, 9.17) is 0 Å². The van der Waals surface area contributed by atoms with Crippen molar-refractivity contribution in [3.05, 3.63) is 16.3 Å². The highest BCUT2D eigenvalue weighted by atomic mass is 16.6. The lowest BCUT2D eigenvalue weighted by molar-refractivity contribution is -0.384. The van der Waals surface area contributed by atoms with E-state index in [9.17, 15) is 10.1 Å². The van der Waals surface area contributed by atoms with Gasteiger partial charge in [0.15, 0.2) is 0 Å². The van der Waals surface area contributed by atoms with Crippen LogP contribution in [0.25, 0.3) is 0 Å². The molecular weight excluding hydrogens is 174 g/mol. The molecule has 0 aliphatic rings. The molecule has 0 aliphatic heterocycles. The number of rotatable bonds is 3. The second kappa shape index (κ2) is 3.65. The molecule has 0 unspecified atom stereocenters. The lowest BCUT2D eigenvalue weighted by Gasteiger charge is -2.02. The van der Waals surface area contributed by atoms with E-state index in [-0.39, 0.29) is 11.5 Å². The highest BCUT2D eigenvalue weighted by molar-refractivity contribution is 5.56. The van der Waals surface area contributed by atoms with Crippen LogP contribution in [0.1, 0.15) is 0 Å². The van der Waals surface area contributed by atoms with Gasteiger partial charge in [-0.1, -0.05) is 0 Å². The van der Waals surface area contributed by atoms with Gasteiger partial charge in [0.2, 0.25) is 11.8 Å². The Bertz CT molecular complexity index is 327. The average Bonchev–Trinajstić information content (AvgIpc) is 2.16. The van der Waals surface area contributed by atoms with E-state index in [2.05, 4.69) is 20.6 Å². The SMILES string of the molecule is CNc1ncc([N+](=O)[O-])c(NC)n1. The number of nitrogens with zero attached hydrogens (tertiary/aromatic N) is 3. The quantitative estimate of drug-likeness (QED) is 0.522. The van der Waals surface area contributed by atoms with Gasteiger partial charge in [0, 0.05) is 14.1 Å². The Morgan fingerprint density at radius 1 is 1.46 bits per heavy atom. The van der Waals surface area contributed by atoms with Crippen molar-refractivity contribution < 1.29 is 4.92 Å². The molecule has 0 fully saturated rings. The number of nitro groups is 1. The van der Waals surface area contributed by atoms with Crippen molar-refractivity contribution in [3.63, 3.8) is 0 Å². The van der Waals surface area contributed by atoms with Crippen LogP contribution in [0.15, 0.2) is 6.20 Å². The highest BCUT2D eigenvalue weighted by Crippen LogP contribution is 2.20. The molecule has 1 rings (SSSR count). The van der Waals surface area contributed by atoms with Gasteiger partial charge in [-0.2, -0.15) is 4.98 Å². The smallest absolute Gasteiger partial charge is 0.329 e. The Morgan fingerprint density at radius 2 is 2.15 bits per heavy atom. The van der Waals surface area contributed by atoms with Crippen molar-refractivity contribution >= 4 is 17.5 Å². The number of aromatic nitrogens is 2. The van der Waals surface area contributed by atoms with Gasteiger partial charge in [-0.15, -0.1) is 0 Å². The van der Waals surface area contributed by atoms with Crippen molar-refractivity contribution in [2.45, 2.75) is 0 Å². The van der Waals surface area contributed by atoms with Crippen molar-refractivity contribution in [3.8, 4) is 0 Å². The van der Waals surface area contributed by atoms with Crippen LogP contribution in [0.5, 0.6) is 0 Å². The number of nitrogens with one attached hydrogen (secondary N) is 2. The molecule has 0 saturated heterocycles. The second-order valence-corrected chi connectivity index (χ2v) is 2.18. The molecule has 0 amide bonds. The first kappa shape index (κ1) is 9.17. The molecule has 0 aliphatic carbocycles. The Kier molecular flexibility index (Phi) is 2.58. The summed E-state index contributed by atoms with van der Waals surface area (Å²) in [5.41, 5.74) is -0.137. The predicted octanol–water partition coefficient (Wildman–Crippen LogP) is 0.468. The summed E-state index contributed by atoms with van der Waals surface area (Å²) in [7, 11) is 3.20. The Morgan fingerprint density at radius 3 is 2.62 bits per heavy atom. The summed E-state index contributed by atoms with van der Waals surface area (Å²) in [5, 5.41) is 15.7. The van der Waals surface area contributed by atoms with E-state index in [1.807, 2.05) is 0 Å². The number of hydrogen-bond acceptors (Lipinski definition) is 6. The van der Waals surface area contributed by atoms with Gasteiger partial charge in [-0.3, -0.25) is 10.1 Å². The molecule has 0 aromatic carbocycles. The monoisotopic (exact) mass is 183 g/mol. The summed E-state index contributed by atoms with van der Waals surface area (Å²) in [6.45, 7) is 0. The van der Waals surface area contributed by atoms with E-state index < -0.39 is 4.92 Å². The Balaban J connectivity index is 3.15. The average molecular weight is 183 g/mol. The molecule has 7 nitrogen and oxygen atoms in total. The Hall–Kier alpha value is -1.92. The standard InChI is InChI=1S/C6H9N5O2/c1-7-5-4(11(12)13)3-9-6(8-2)10-5/h3H,1-2H3,(H2,7,8,9,10). The van der Waals surface area contributed by atoms with Gasteiger partial charge < -0.3 is 10.6 Å². The van der Waals surface area contributed by atoms with Crippen molar-refractivity contribution in [2.75, 3.05) is 24.7 Å². The lowest BCUT2D eigenvalue weighted by atomic mass is 10.5. The zero-order valence-corrected chi connectivity index (χ0v) is 7.24. The van der Waals surface area contributed by atoms with E-state index >= 15 is 0 Å². The molecule has 0 atom stereocenters. The third-order valence-electron chi connectivity index (χ3n) is 1.43. The third-order valence-corrected chi connectivity index (χ3v) is 1.43. The molecule has 2 N–H and O–H groups in total. The lowest BCUT2D eigenvalue weighted by Crippen LogP contribution is -2.03. The molecular formula is C6H9N5O2. The first-order valence-corrected chi connectivity index (χ1v) is 3.56. The minimum absolute atomic E-state index is 0.137. The van der Waals surface area contributed by atoms with Gasteiger partial charge in [0.1, 0.15) is 6.20 Å². The first-order valence-electron chi connectivity index (χ1n) is 3.56. The van der Waals surface area contributed by atoms with E-state index in [1.54, 1.807) is 14.1 Å². The molecule has 1 aromatic heterocycles. The zero-order valence-electron chi connectivity index (χ0n) is 7.24. The van der Waals surface area contributed by atoms with Gasteiger partial charge in [-0.25, -0.2) is 4.98 Å². The summed E-state index contributed by atoms with van der Waals surface area (Å²) in [6, 6.07) is 0. The fourth-order valence-corrected chi connectivity index (χ4v) is 0.814. The zero-order chi connectivity index (χ0) is 9.84. The Labute approximate surface area is 74.4 Å². The minimum atomic E-state index is -0.536. The largest absolute Gasteiger partial charge is 0.367 e. The molecule has 70 valence electrons. The van der Waals surface area contributed by atoms with E-state index in [1.165, 1.54) is 0 Å². The van der Waals surface area contributed by atoms with Crippen molar-refractivity contribution in [1.29, 1.82) is 0 Å². The number of hydrogen-bond donors (Lipinski definition) is 2. The van der Waals surface area contributed by atoms with Crippen LogP contribution in [0.3, 0.4) is 0 Å². The number of anilines is 2. The van der Waals surface area contributed by atoms with Crippen LogP contribution < -0.4 is 10.6 Å². The topological polar surface area (TPSA) is 93.0 Å². The van der Waals surface area contributed by atoms with Crippen LogP contribution in [-0.2, 0) is 0 Å². The molecule has 0 saturated carbocycles. The van der Waals surface area contributed by atoms with Crippen molar-refractivity contribution in [2.24, 2.45) is 0 Å². The van der Waals surface area contributed by atoms with Gasteiger partial charge in [0.05, 0.1) is 4.92 Å². The fraction of sp³-hybridized carbons (Fsp3) is 0.333. The molecule has 1 heterocycles. The molecule has 13 heavy (non-hydrogen) atoms. The van der Waals surface area contributed by atoms with E-state index in [0.29, 0.717) is 5.95 Å². The van der Waals surface area contributed by atoms with Crippen LogP contribution in [-0.4, -0.2) is 29.0 Å². The maximum atomic E-state index is 10.4. The van der Waals surface area contributed by atoms with Gasteiger partial charge in [-0.05, 0) is 0 Å². The first-order chi connectivity index (χ1) is 6.19. The summed E-state index contributed by atoms with van der Waals surface area (Å²) < 4.78 is 0. The highest BCUT2D eigenvalue weighted by Gasteiger charge is 2.14. The molecule has 0 radical (unpaired) electrons. The third kappa shape index (κ3) is 1.81. The molecule has 0 bridgehead atoms. The van der Waals surface area contributed by atoms with Crippen molar-refractivity contribution in [1.82, 2.24) is 9.97 Å². The minimum Gasteiger partial charge on any atom is -0.367 e. The normalized spacial score (nSPS) is 9.38. The predicted molar refractivity (Wildman–Crippen MR) is 47.8 cm³/mol.